The first kappa shape index (κ1) is 20.6. The smallest absolute Gasteiger partial charge is 0.231 e. The van der Waals surface area contributed by atoms with Gasteiger partial charge in [0.2, 0.25) is 12.7 Å². The SMILES string of the molecule is Cc1nn(-c2ccc(Cl)c(Cl)c2)c(C)c1CC(=O)N(C)Cc1ccc2c(c1)OCO2. The predicted octanol–water partition coefficient (Wildman–Crippen LogP) is 4.73. The molecule has 6 nitrogen and oxygen atoms in total. The number of hydrogen-bond donors (Lipinski definition) is 0. The Labute approximate surface area is 184 Å². The van der Waals surface area contributed by atoms with Crippen molar-refractivity contribution in [1.82, 2.24) is 14.7 Å². The zero-order valence-electron chi connectivity index (χ0n) is 16.9. The van der Waals surface area contributed by atoms with E-state index >= 15 is 0 Å². The maximum Gasteiger partial charge on any atom is 0.231 e. The van der Waals surface area contributed by atoms with E-state index in [1.165, 1.54) is 0 Å². The molecular formula is C22H21Cl2N3O3. The minimum Gasteiger partial charge on any atom is -0.454 e. The van der Waals surface area contributed by atoms with Crippen LogP contribution < -0.4 is 9.47 Å². The first-order valence-electron chi connectivity index (χ1n) is 9.46. The predicted molar refractivity (Wildman–Crippen MR) is 116 cm³/mol. The summed E-state index contributed by atoms with van der Waals surface area (Å²) < 4.78 is 12.5. The molecule has 30 heavy (non-hydrogen) atoms. The molecule has 1 aliphatic heterocycles. The summed E-state index contributed by atoms with van der Waals surface area (Å²) in [6.45, 7) is 4.56. The Kier molecular flexibility index (Phi) is 5.62. The molecule has 0 fully saturated rings. The van der Waals surface area contributed by atoms with Crippen molar-refractivity contribution in [2.45, 2.75) is 26.8 Å². The third-order valence-corrected chi connectivity index (χ3v) is 5.94. The van der Waals surface area contributed by atoms with Crippen molar-refractivity contribution in [3.63, 3.8) is 0 Å². The van der Waals surface area contributed by atoms with E-state index in [4.69, 9.17) is 32.7 Å². The van der Waals surface area contributed by atoms with Crippen LogP contribution in [-0.4, -0.2) is 34.4 Å². The summed E-state index contributed by atoms with van der Waals surface area (Å²) in [4.78, 5) is 14.6. The number of likely N-dealkylation sites (N-methyl/N-ethyl adjacent to an activating group) is 1. The van der Waals surface area contributed by atoms with Gasteiger partial charge in [-0.2, -0.15) is 5.10 Å². The summed E-state index contributed by atoms with van der Waals surface area (Å²) >= 11 is 12.2. The number of halogens is 2. The lowest BCUT2D eigenvalue weighted by atomic mass is 10.1. The van der Waals surface area contributed by atoms with Crippen LogP contribution >= 0.6 is 23.2 Å². The van der Waals surface area contributed by atoms with E-state index in [9.17, 15) is 4.79 Å². The van der Waals surface area contributed by atoms with Gasteiger partial charge in [0.15, 0.2) is 11.5 Å². The summed E-state index contributed by atoms with van der Waals surface area (Å²) in [6.07, 6.45) is 0.264. The second-order valence-electron chi connectivity index (χ2n) is 7.27. The highest BCUT2D eigenvalue weighted by Gasteiger charge is 2.20. The summed E-state index contributed by atoms with van der Waals surface area (Å²) in [6, 6.07) is 11.1. The molecule has 3 aromatic rings. The molecule has 0 aliphatic carbocycles. The number of aromatic nitrogens is 2. The molecule has 2 heterocycles. The van der Waals surface area contributed by atoms with Crippen molar-refractivity contribution in [1.29, 1.82) is 0 Å². The highest BCUT2D eigenvalue weighted by molar-refractivity contribution is 6.42. The minimum absolute atomic E-state index is 0.00700. The number of nitrogens with zero attached hydrogens (tertiary/aromatic N) is 3. The van der Waals surface area contributed by atoms with Crippen molar-refractivity contribution in [2.24, 2.45) is 0 Å². The average molecular weight is 446 g/mol. The van der Waals surface area contributed by atoms with E-state index in [1.54, 1.807) is 28.8 Å². The molecule has 1 aromatic heterocycles. The number of amides is 1. The molecule has 0 N–H and O–H groups in total. The number of carbonyl (C=O) groups is 1. The van der Waals surface area contributed by atoms with Crippen LogP contribution in [-0.2, 0) is 17.8 Å². The Bertz CT molecular complexity index is 1130. The maximum atomic E-state index is 12.9. The first-order valence-corrected chi connectivity index (χ1v) is 10.2. The molecule has 1 amide bonds. The quantitative estimate of drug-likeness (QED) is 0.569. The second-order valence-corrected chi connectivity index (χ2v) is 8.09. The van der Waals surface area contributed by atoms with Crippen LogP contribution in [0.4, 0.5) is 0 Å². The van der Waals surface area contributed by atoms with Crippen LogP contribution in [0.15, 0.2) is 36.4 Å². The average Bonchev–Trinajstić information content (AvgIpc) is 3.29. The van der Waals surface area contributed by atoms with E-state index in [0.29, 0.717) is 22.3 Å². The lowest BCUT2D eigenvalue weighted by molar-refractivity contribution is -0.129. The third-order valence-electron chi connectivity index (χ3n) is 5.20. The number of hydrogen-bond acceptors (Lipinski definition) is 4. The van der Waals surface area contributed by atoms with Gasteiger partial charge in [-0.15, -0.1) is 0 Å². The summed E-state index contributed by atoms with van der Waals surface area (Å²) in [5.41, 5.74) is 4.40. The largest absolute Gasteiger partial charge is 0.454 e. The zero-order valence-corrected chi connectivity index (χ0v) is 18.4. The summed E-state index contributed by atoms with van der Waals surface area (Å²) in [5.74, 6) is 1.45. The number of benzene rings is 2. The van der Waals surface area contributed by atoms with Crippen molar-refractivity contribution < 1.29 is 14.3 Å². The van der Waals surface area contributed by atoms with Crippen LogP contribution in [0.25, 0.3) is 5.69 Å². The fourth-order valence-electron chi connectivity index (χ4n) is 3.49. The number of carbonyl (C=O) groups excluding carboxylic acids is 1. The van der Waals surface area contributed by atoms with Crippen LogP contribution in [0.1, 0.15) is 22.5 Å². The molecule has 156 valence electrons. The van der Waals surface area contributed by atoms with Gasteiger partial charge in [0.05, 0.1) is 27.8 Å². The molecule has 1 aliphatic rings. The molecule has 0 saturated carbocycles. The maximum absolute atomic E-state index is 12.9. The zero-order chi connectivity index (χ0) is 21.4. The molecule has 0 unspecified atom stereocenters. The fraction of sp³-hybridized carbons (Fsp3) is 0.273. The molecule has 4 rings (SSSR count). The Hall–Kier alpha value is -2.70. The van der Waals surface area contributed by atoms with Gasteiger partial charge in [0.1, 0.15) is 0 Å². The Balaban J connectivity index is 1.50. The summed E-state index contributed by atoms with van der Waals surface area (Å²) in [5, 5.41) is 5.55. The molecule has 0 spiro atoms. The lowest BCUT2D eigenvalue weighted by Gasteiger charge is -2.18. The Morgan fingerprint density at radius 2 is 1.87 bits per heavy atom. The molecule has 0 bridgehead atoms. The van der Waals surface area contributed by atoms with Crippen molar-refractivity contribution >= 4 is 29.1 Å². The molecule has 0 radical (unpaired) electrons. The molecule has 8 heteroatoms. The fourth-order valence-corrected chi connectivity index (χ4v) is 3.78. The Morgan fingerprint density at radius 3 is 2.63 bits per heavy atom. The van der Waals surface area contributed by atoms with Crippen LogP contribution in [0.3, 0.4) is 0 Å². The van der Waals surface area contributed by atoms with Gasteiger partial charge in [-0.25, -0.2) is 4.68 Å². The van der Waals surface area contributed by atoms with Gasteiger partial charge in [-0.3, -0.25) is 4.79 Å². The van der Waals surface area contributed by atoms with Crippen LogP contribution in [0, 0.1) is 13.8 Å². The van der Waals surface area contributed by atoms with Gasteiger partial charge in [-0.05, 0) is 49.7 Å². The van der Waals surface area contributed by atoms with Gasteiger partial charge in [0.25, 0.3) is 0 Å². The number of fused-ring (bicyclic) bond motifs is 1. The topological polar surface area (TPSA) is 56.6 Å². The monoisotopic (exact) mass is 445 g/mol. The Morgan fingerprint density at radius 1 is 1.10 bits per heavy atom. The number of aryl methyl sites for hydroxylation is 1. The molecule has 0 saturated heterocycles. The highest BCUT2D eigenvalue weighted by Crippen LogP contribution is 2.33. The van der Waals surface area contributed by atoms with Crippen molar-refractivity contribution in [3.05, 3.63) is 69.0 Å². The standard InChI is InChI=1S/C22H21Cl2N3O3/c1-13-17(14(2)27(25-13)16-5-6-18(23)19(24)9-16)10-22(28)26(3)11-15-4-7-20-21(8-15)30-12-29-20/h4-9H,10-12H2,1-3H3. The minimum atomic E-state index is 0.00700. The van der Waals surface area contributed by atoms with E-state index in [1.807, 2.05) is 38.1 Å². The molecule has 0 atom stereocenters. The van der Waals surface area contributed by atoms with Crippen LogP contribution in [0.5, 0.6) is 11.5 Å². The van der Waals surface area contributed by atoms with E-state index in [-0.39, 0.29) is 19.1 Å². The van der Waals surface area contributed by atoms with E-state index in [0.717, 1.165) is 34.0 Å². The van der Waals surface area contributed by atoms with Crippen molar-refractivity contribution in [2.75, 3.05) is 13.8 Å². The van der Waals surface area contributed by atoms with E-state index < -0.39 is 0 Å². The van der Waals surface area contributed by atoms with Crippen LogP contribution in [0.2, 0.25) is 10.0 Å². The van der Waals surface area contributed by atoms with Gasteiger partial charge >= 0.3 is 0 Å². The molecular weight excluding hydrogens is 425 g/mol. The number of rotatable bonds is 5. The van der Waals surface area contributed by atoms with Crippen molar-refractivity contribution in [3.8, 4) is 17.2 Å². The first-order chi connectivity index (χ1) is 14.3. The second kappa shape index (κ2) is 8.20. The lowest BCUT2D eigenvalue weighted by Crippen LogP contribution is -2.28. The third kappa shape index (κ3) is 3.98. The van der Waals surface area contributed by atoms with Gasteiger partial charge in [-0.1, -0.05) is 29.3 Å². The van der Waals surface area contributed by atoms with Gasteiger partial charge < -0.3 is 14.4 Å². The number of ether oxygens (including phenoxy) is 2. The van der Waals surface area contributed by atoms with Gasteiger partial charge in [0, 0.05) is 24.8 Å². The summed E-state index contributed by atoms with van der Waals surface area (Å²) in [7, 11) is 1.79. The van der Waals surface area contributed by atoms with E-state index in [2.05, 4.69) is 5.10 Å². The molecule has 2 aromatic carbocycles. The highest BCUT2D eigenvalue weighted by atomic mass is 35.5. The normalized spacial score (nSPS) is 12.3.